The molecule has 1 fully saturated rings. The van der Waals surface area contributed by atoms with Crippen molar-refractivity contribution >= 4 is 35.7 Å². The smallest absolute Gasteiger partial charge is 0.261 e. The van der Waals surface area contributed by atoms with E-state index in [4.69, 9.17) is 15.2 Å². The number of aromatic nitrogens is 2. The average Bonchev–Trinajstić information content (AvgIpc) is 3.38. The van der Waals surface area contributed by atoms with Crippen LogP contribution >= 0.6 is 10.7 Å². The van der Waals surface area contributed by atoms with E-state index in [2.05, 4.69) is 10.1 Å². The summed E-state index contributed by atoms with van der Waals surface area (Å²) in [5.41, 5.74) is 6.70. The number of hydrogen-bond donors (Lipinski definition) is 0. The molecule has 3 aromatic carbocycles. The van der Waals surface area contributed by atoms with E-state index in [9.17, 15) is 21.6 Å². The Labute approximate surface area is 275 Å². The zero-order chi connectivity index (χ0) is 34.0. The highest BCUT2D eigenvalue weighted by molar-refractivity contribution is 8.13. The van der Waals surface area contributed by atoms with Crippen molar-refractivity contribution in [3.63, 3.8) is 0 Å². The third-order valence-electron chi connectivity index (χ3n) is 7.74. The largest absolute Gasteiger partial charge is 0.340 e. The van der Waals surface area contributed by atoms with Crippen LogP contribution in [0.25, 0.3) is 11.4 Å². The third-order valence-corrected chi connectivity index (χ3v) is 11.5. The molecule has 0 bridgehead atoms. The maximum absolute atomic E-state index is 13.3. The van der Waals surface area contributed by atoms with Crippen molar-refractivity contribution in [3.8, 4) is 11.4 Å². The van der Waals surface area contributed by atoms with E-state index >= 15 is 0 Å². The topological polar surface area (TPSA) is 131 Å². The summed E-state index contributed by atoms with van der Waals surface area (Å²) >= 11 is 0. The Bertz CT molecular complexity index is 1920. The lowest BCUT2D eigenvalue weighted by atomic mass is 10.1. The molecule has 0 radical (unpaired) electrons. The maximum Gasteiger partial charge on any atom is 0.261 e. The van der Waals surface area contributed by atoms with E-state index in [1.807, 2.05) is 76.2 Å². The van der Waals surface area contributed by atoms with Gasteiger partial charge in [0, 0.05) is 49.3 Å². The van der Waals surface area contributed by atoms with E-state index in [0.29, 0.717) is 40.8 Å². The number of carbonyl (C=O) groups excluding carboxylic acids is 1. The molecule has 0 spiro atoms. The lowest BCUT2D eigenvalue weighted by Crippen LogP contribution is -2.51. The van der Waals surface area contributed by atoms with Crippen LogP contribution in [0.4, 0.5) is 0 Å². The summed E-state index contributed by atoms with van der Waals surface area (Å²) in [5, 5.41) is 3.90. The van der Waals surface area contributed by atoms with Gasteiger partial charge in [-0.25, -0.2) is 16.8 Å². The van der Waals surface area contributed by atoms with E-state index in [1.165, 1.54) is 4.31 Å². The van der Waals surface area contributed by atoms with Crippen LogP contribution in [0, 0.1) is 48.5 Å². The van der Waals surface area contributed by atoms with Gasteiger partial charge < -0.3 is 9.42 Å². The Morgan fingerprint density at radius 1 is 0.761 bits per heavy atom. The minimum absolute atomic E-state index is 0.0158. The number of benzene rings is 3. The van der Waals surface area contributed by atoms with Crippen molar-refractivity contribution in [1.29, 1.82) is 0 Å². The standard InChI is InChI=1S/C24H28N4O4S.C9H11ClO2S/c1-16-13-17(2)23(18(3)14-16)33(30,31)28-11-9-27(10-12-28)22(29)15-20-5-7-21(8-6-20)24-25-19(4)32-26-24;1-6-4-7(2)9(8(3)5-6)13(10,11)12/h5-8,13-14H,9-12,15H2,1-4H3;4-5H,1-3H3. The molecule has 10 nitrogen and oxygen atoms in total. The second-order valence-corrected chi connectivity index (χ2v) is 16.1. The lowest BCUT2D eigenvalue weighted by Gasteiger charge is -2.34. The van der Waals surface area contributed by atoms with E-state index < -0.39 is 19.1 Å². The summed E-state index contributed by atoms with van der Waals surface area (Å²) in [4.78, 5) is 19.4. The van der Waals surface area contributed by atoms with Gasteiger partial charge in [-0.15, -0.1) is 0 Å². The zero-order valence-corrected chi connectivity index (χ0v) is 29.5. The third kappa shape index (κ3) is 8.22. The highest BCUT2D eigenvalue weighted by Crippen LogP contribution is 2.27. The molecule has 1 amide bonds. The second-order valence-electron chi connectivity index (χ2n) is 11.7. The van der Waals surface area contributed by atoms with Gasteiger partial charge in [0.15, 0.2) is 0 Å². The number of sulfonamides is 1. The summed E-state index contributed by atoms with van der Waals surface area (Å²) in [6, 6.07) is 14.9. The van der Waals surface area contributed by atoms with Gasteiger partial charge in [-0.3, -0.25) is 4.79 Å². The van der Waals surface area contributed by atoms with Crippen LogP contribution in [0.2, 0.25) is 0 Å². The minimum atomic E-state index is -3.61. The lowest BCUT2D eigenvalue weighted by molar-refractivity contribution is -0.131. The van der Waals surface area contributed by atoms with Gasteiger partial charge >= 0.3 is 0 Å². The molecule has 1 aliphatic rings. The highest BCUT2D eigenvalue weighted by atomic mass is 35.7. The molecule has 246 valence electrons. The summed E-state index contributed by atoms with van der Waals surface area (Å²) in [6.07, 6.45) is 0.258. The Morgan fingerprint density at radius 2 is 1.24 bits per heavy atom. The van der Waals surface area contributed by atoms with Crippen molar-refractivity contribution in [2.75, 3.05) is 26.2 Å². The summed E-state index contributed by atoms with van der Waals surface area (Å²) in [7, 11) is -1.92. The quantitative estimate of drug-likeness (QED) is 0.240. The Morgan fingerprint density at radius 3 is 1.67 bits per heavy atom. The fourth-order valence-electron chi connectivity index (χ4n) is 5.91. The molecule has 0 aliphatic carbocycles. The molecular formula is C33H39ClN4O6S2. The Kier molecular flexibility index (Phi) is 10.8. The molecular weight excluding hydrogens is 648 g/mol. The van der Waals surface area contributed by atoms with Crippen molar-refractivity contribution in [2.45, 2.75) is 64.7 Å². The number of carbonyl (C=O) groups is 1. The SMILES string of the molecule is Cc1cc(C)c(S(=O)(=O)Cl)c(C)c1.Cc1cc(C)c(S(=O)(=O)N2CCN(C(=O)Cc3ccc(-c4noc(C)n4)cc3)CC2)c(C)c1. The van der Waals surface area contributed by atoms with Gasteiger partial charge in [0.1, 0.15) is 0 Å². The Hall–Kier alpha value is -3.58. The van der Waals surface area contributed by atoms with Crippen LogP contribution in [-0.4, -0.2) is 68.3 Å². The monoisotopic (exact) mass is 686 g/mol. The molecule has 1 saturated heterocycles. The van der Waals surface area contributed by atoms with E-state index in [0.717, 1.165) is 33.4 Å². The number of piperazine rings is 1. The van der Waals surface area contributed by atoms with Gasteiger partial charge in [-0.2, -0.15) is 9.29 Å². The molecule has 0 saturated carbocycles. The average molecular weight is 687 g/mol. The van der Waals surface area contributed by atoms with Crippen LogP contribution in [0.5, 0.6) is 0 Å². The number of rotatable bonds is 6. The molecule has 0 atom stereocenters. The molecule has 2 heterocycles. The van der Waals surface area contributed by atoms with E-state index in [1.54, 1.807) is 25.7 Å². The van der Waals surface area contributed by atoms with Gasteiger partial charge in [-0.05, 0) is 69.4 Å². The van der Waals surface area contributed by atoms with Gasteiger partial charge in [0.25, 0.3) is 9.05 Å². The predicted octanol–water partition coefficient (Wildman–Crippen LogP) is 5.59. The van der Waals surface area contributed by atoms with E-state index in [-0.39, 0.29) is 30.3 Å². The predicted molar refractivity (Wildman–Crippen MR) is 178 cm³/mol. The van der Waals surface area contributed by atoms with Crippen LogP contribution in [0.15, 0.2) is 62.8 Å². The van der Waals surface area contributed by atoms with Gasteiger partial charge in [0.05, 0.1) is 16.2 Å². The Balaban J connectivity index is 0.000000310. The van der Waals surface area contributed by atoms with Gasteiger partial charge in [-0.1, -0.05) is 64.8 Å². The first-order valence-electron chi connectivity index (χ1n) is 14.7. The van der Waals surface area contributed by atoms with Gasteiger partial charge in [0.2, 0.25) is 27.6 Å². The van der Waals surface area contributed by atoms with Crippen molar-refractivity contribution in [3.05, 3.63) is 93.4 Å². The number of amides is 1. The van der Waals surface area contributed by atoms with Crippen LogP contribution in [0.1, 0.15) is 44.8 Å². The molecule has 13 heteroatoms. The minimum Gasteiger partial charge on any atom is -0.340 e. The molecule has 5 rings (SSSR count). The number of aryl methyl sites for hydroxylation is 7. The fraction of sp³-hybridized carbons (Fsp3) is 0.364. The molecule has 0 N–H and O–H groups in total. The van der Waals surface area contributed by atoms with Crippen molar-refractivity contribution in [2.24, 2.45) is 0 Å². The molecule has 46 heavy (non-hydrogen) atoms. The normalized spacial score (nSPS) is 14.1. The second kappa shape index (κ2) is 14.0. The van der Waals surface area contributed by atoms with Crippen LogP contribution in [-0.2, 0) is 30.3 Å². The first-order chi connectivity index (χ1) is 21.5. The number of nitrogens with zero attached hydrogens (tertiary/aromatic N) is 4. The summed E-state index contributed by atoms with van der Waals surface area (Å²) in [6.45, 7) is 14.1. The molecule has 1 aliphatic heterocycles. The first kappa shape index (κ1) is 35.3. The van der Waals surface area contributed by atoms with Crippen molar-refractivity contribution in [1.82, 2.24) is 19.3 Å². The highest BCUT2D eigenvalue weighted by Gasteiger charge is 2.32. The summed E-state index contributed by atoms with van der Waals surface area (Å²) in [5.74, 6) is 0.998. The molecule has 1 aromatic heterocycles. The number of hydrogen-bond acceptors (Lipinski definition) is 8. The molecule has 0 unspecified atom stereocenters. The maximum atomic E-state index is 13.3. The number of halogens is 1. The zero-order valence-electron chi connectivity index (χ0n) is 27.1. The first-order valence-corrected chi connectivity index (χ1v) is 18.5. The van der Waals surface area contributed by atoms with Crippen LogP contribution < -0.4 is 0 Å². The fourth-order valence-corrected chi connectivity index (χ4v) is 9.36. The van der Waals surface area contributed by atoms with Crippen molar-refractivity contribution < 1.29 is 26.2 Å². The summed E-state index contributed by atoms with van der Waals surface area (Å²) < 4.78 is 55.3. The molecule has 4 aromatic rings. The van der Waals surface area contributed by atoms with Crippen LogP contribution in [0.3, 0.4) is 0 Å².